The van der Waals surface area contributed by atoms with Crippen molar-refractivity contribution in [2.45, 2.75) is 78.9 Å². The van der Waals surface area contributed by atoms with Crippen LogP contribution in [0, 0.1) is 0 Å². The number of anilines is 1. The van der Waals surface area contributed by atoms with Gasteiger partial charge in [0, 0.05) is 0 Å². The van der Waals surface area contributed by atoms with Crippen LogP contribution in [0.2, 0.25) is 0 Å². The van der Waals surface area contributed by atoms with Gasteiger partial charge in [-0.05, 0) is 48.5 Å². The quantitative estimate of drug-likeness (QED) is 0.296. The number of nitrogens with two attached hydrogens (primary N) is 1. The molecular formula is C21H35N6O7P. The van der Waals surface area contributed by atoms with Crippen molar-refractivity contribution >= 4 is 36.4 Å². The van der Waals surface area contributed by atoms with Crippen LogP contribution < -0.4 is 10.8 Å². The van der Waals surface area contributed by atoms with Gasteiger partial charge in [-0.25, -0.2) is 24.8 Å². The number of esters is 2. The fraction of sp³-hybridized carbons (Fsp3) is 0.667. The highest BCUT2D eigenvalue weighted by atomic mass is 31.2. The van der Waals surface area contributed by atoms with Gasteiger partial charge in [0.1, 0.15) is 23.7 Å². The fourth-order valence-electron chi connectivity index (χ4n) is 3.09. The molecule has 196 valence electrons. The Morgan fingerprint density at radius 1 is 1.20 bits per heavy atom. The van der Waals surface area contributed by atoms with E-state index in [4.69, 9.17) is 24.5 Å². The summed E-state index contributed by atoms with van der Waals surface area (Å²) in [6.45, 7) is 11.7. The van der Waals surface area contributed by atoms with Crippen molar-refractivity contribution in [3.8, 4) is 0 Å². The first kappa shape index (κ1) is 28.6. The monoisotopic (exact) mass is 514 g/mol. The van der Waals surface area contributed by atoms with Gasteiger partial charge < -0.3 is 29.0 Å². The molecule has 0 amide bonds. The van der Waals surface area contributed by atoms with Gasteiger partial charge in [-0.2, -0.15) is 0 Å². The zero-order valence-electron chi connectivity index (χ0n) is 21.2. The summed E-state index contributed by atoms with van der Waals surface area (Å²) in [5.41, 5.74) is 5.43. The number of nitrogens with zero attached hydrogens (tertiary/aromatic N) is 4. The van der Waals surface area contributed by atoms with Crippen LogP contribution in [0.25, 0.3) is 11.2 Å². The van der Waals surface area contributed by atoms with E-state index in [9.17, 15) is 14.2 Å². The van der Waals surface area contributed by atoms with E-state index >= 15 is 0 Å². The Bertz CT molecular complexity index is 1070. The molecule has 0 saturated carbocycles. The Morgan fingerprint density at radius 3 is 2.51 bits per heavy atom. The summed E-state index contributed by atoms with van der Waals surface area (Å²) in [6.07, 6.45) is 0.423. The van der Waals surface area contributed by atoms with Gasteiger partial charge in [-0.3, -0.25) is 9.36 Å². The van der Waals surface area contributed by atoms with Crippen molar-refractivity contribution in [3.63, 3.8) is 0 Å². The number of imidazole rings is 1. The normalized spacial score (nSPS) is 15.5. The number of carbonyl (C=O) groups excluding carboxylic acids is 2. The predicted molar refractivity (Wildman–Crippen MR) is 128 cm³/mol. The first-order chi connectivity index (χ1) is 16.3. The zero-order chi connectivity index (χ0) is 26.4. The summed E-state index contributed by atoms with van der Waals surface area (Å²) in [5.74, 6) is -1.06. The van der Waals surface area contributed by atoms with Gasteiger partial charge in [-0.15, -0.1) is 0 Å². The van der Waals surface area contributed by atoms with Crippen molar-refractivity contribution < 1.29 is 32.9 Å². The molecule has 0 bridgehead atoms. The third-order valence-electron chi connectivity index (χ3n) is 4.66. The van der Waals surface area contributed by atoms with E-state index in [0.717, 1.165) is 0 Å². The minimum Gasteiger partial charge on any atom is -0.465 e. The minimum absolute atomic E-state index is 0.146. The molecule has 0 aliphatic heterocycles. The molecule has 2 heterocycles. The van der Waals surface area contributed by atoms with E-state index in [0.29, 0.717) is 17.7 Å². The van der Waals surface area contributed by atoms with E-state index in [1.54, 1.807) is 38.6 Å². The maximum absolute atomic E-state index is 13.8. The molecule has 0 fully saturated rings. The number of ether oxygens (including phenoxy) is 3. The van der Waals surface area contributed by atoms with Crippen molar-refractivity contribution in [1.82, 2.24) is 24.6 Å². The Kier molecular flexibility index (Phi) is 9.73. The van der Waals surface area contributed by atoms with Crippen LogP contribution in [0.5, 0.6) is 0 Å². The smallest absolute Gasteiger partial charge is 0.335 e. The van der Waals surface area contributed by atoms with Crippen LogP contribution >= 0.6 is 7.52 Å². The second kappa shape index (κ2) is 11.9. The highest BCUT2D eigenvalue weighted by Crippen LogP contribution is 2.46. The molecule has 13 nitrogen and oxygen atoms in total. The number of rotatable bonds is 13. The molecule has 0 saturated heterocycles. The fourth-order valence-corrected chi connectivity index (χ4v) is 5.25. The zero-order valence-corrected chi connectivity index (χ0v) is 22.1. The van der Waals surface area contributed by atoms with E-state index in [2.05, 4.69) is 20.0 Å². The van der Waals surface area contributed by atoms with Crippen LogP contribution in [-0.4, -0.2) is 68.3 Å². The lowest BCUT2D eigenvalue weighted by molar-refractivity contribution is -0.155. The number of nitrogens with one attached hydrogen (secondary N) is 1. The van der Waals surface area contributed by atoms with E-state index in [-0.39, 0.29) is 18.5 Å². The van der Waals surface area contributed by atoms with Crippen LogP contribution in [0.1, 0.15) is 48.5 Å². The molecule has 0 aliphatic rings. The Hall–Kier alpha value is -2.60. The third-order valence-corrected chi connectivity index (χ3v) is 6.71. The van der Waals surface area contributed by atoms with Gasteiger partial charge in [0.15, 0.2) is 17.6 Å². The molecular weight excluding hydrogens is 479 g/mol. The third kappa shape index (κ3) is 7.96. The van der Waals surface area contributed by atoms with Gasteiger partial charge in [0.2, 0.25) is 0 Å². The highest BCUT2D eigenvalue weighted by molar-refractivity contribution is 7.56. The van der Waals surface area contributed by atoms with Gasteiger partial charge in [0.25, 0.3) is 7.52 Å². The standard InChI is InChI=1S/C21H35N6O7P/c1-8-31-20(29)21(6,7)26-35(30,34-15(5)19(28)33-13(2)3)12-32-14(4)9-27-11-25-16-17(22)23-10-24-18(16)27/h10-11,13-15H,8-9,12H2,1-7H3,(H,26,30)(H2,22,23,24)/t14-,15+,35-/m1/s1. The highest BCUT2D eigenvalue weighted by Gasteiger charge is 2.40. The van der Waals surface area contributed by atoms with Crippen molar-refractivity contribution in [2.24, 2.45) is 0 Å². The maximum atomic E-state index is 13.8. The molecule has 0 unspecified atom stereocenters. The molecule has 0 spiro atoms. The van der Waals surface area contributed by atoms with E-state index in [1.807, 2.05) is 0 Å². The first-order valence-electron chi connectivity index (χ1n) is 11.3. The van der Waals surface area contributed by atoms with Crippen molar-refractivity contribution in [2.75, 3.05) is 18.7 Å². The number of carbonyl (C=O) groups is 2. The van der Waals surface area contributed by atoms with Crippen LogP contribution in [0.4, 0.5) is 5.82 Å². The Labute approximate surface area is 204 Å². The average molecular weight is 515 g/mol. The summed E-state index contributed by atoms with van der Waals surface area (Å²) in [4.78, 5) is 37.0. The average Bonchev–Trinajstić information content (AvgIpc) is 3.15. The summed E-state index contributed by atoms with van der Waals surface area (Å²) in [5, 5.41) is 2.71. The molecule has 0 aromatic carbocycles. The lowest BCUT2D eigenvalue weighted by Gasteiger charge is -2.31. The number of fused-ring (bicyclic) bond motifs is 1. The molecule has 2 aromatic rings. The Morgan fingerprint density at radius 2 is 1.89 bits per heavy atom. The predicted octanol–water partition coefficient (Wildman–Crippen LogP) is 2.25. The Balaban J connectivity index is 2.17. The minimum atomic E-state index is -3.92. The van der Waals surface area contributed by atoms with Crippen molar-refractivity contribution in [1.29, 1.82) is 0 Å². The van der Waals surface area contributed by atoms with Gasteiger partial charge in [0.05, 0.1) is 31.7 Å². The number of hydrogen-bond acceptors (Lipinski definition) is 11. The maximum Gasteiger partial charge on any atom is 0.335 e. The number of aromatic nitrogens is 4. The van der Waals surface area contributed by atoms with Crippen LogP contribution in [-0.2, 0) is 39.4 Å². The summed E-state index contributed by atoms with van der Waals surface area (Å²) >= 11 is 0. The summed E-state index contributed by atoms with van der Waals surface area (Å²) in [6, 6.07) is 0. The van der Waals surface area contributed by atoms with Gasteiger partial charge in [-0.1, -0.05) is 0 Å². The molecule has 0 aliphatic carbocycles. The molecule has 3 atom stereocenters. The van der Waals surface area contributed by atoms with E-state index < -0.39 is 43.6 Å². The molecule has 2 rings (SSSR count). The topological polar surface area (TPSA) is 170 Å². The summed E-state index contributed by atoms with van der Waals surface area (Å²) in [7, 11) is -3.92. The number of nitrogen functional groups attached to an aromatic ring is 1. The SMILES string of the molecule is CCOC(=O)C(C)(C)N[P@@](=O)(CO[C@H](C)Cn1cnc2c(N)ncnc21)O[C@@H](C)C(=O)OC(C)C. The number of hydrogen-bond donors (Lipinski definition) is 2. The second-order valence-electron chi connectivity index (χ2n) is 8.80. The molecule has 3 N–H and O–H groups in total. The van der Waals surface area contributed by atoms with Gasteiger partial charge >= 0.3 is 11.9 Å². The summed E-state index contributed by atoms with van der Waals surface area (Å²) < 4.78 is 37.1. The second-order valence-corrected chi connectivity index (χ2v) is 10.8. The lowest BCUT2D eigenvalue weighted by Crippen LogP contribution is -2.47. The first-order valence-corrected chi connectivity index (χ1v) is 13.1. The molecule has 0 radical (unpaired) electrons. The molecule has 35 heavy (non-hydrogen) atoms. The molecule has 2 aromatic heterocycles. The van der Waals surface area contributed by atoms with Crippen LogP contribution in [0.3, 0.4) is 0 Å². The van der Waals surface area contributed by atoms with Crippen LogP contribution in [0.15, 0.2) is 12.7 Å². The molecule has 14 heteroatoms. The largest absolute Gasteiger partial charge is 0.465 e. The lowest BCUT2D eigenvalue weighted by atomic mass is 10.1. The van der Waals surface area contributed by atoms with E-state index in [1.165, 1.54) is 27.1 Å². The van der Waals surface area contributed by atoms with Crippen molar-refractivity contribution in [3.05, 3.63) is 12.7 Å².